The van der Waals surface area contributed by atoms with E-state index >= 15 is 0 Å². The molecule has 1 saturated heterocycles. The Bertz CT molecular complexity index is 327. The molecule has 0 radical (unpaired) electrons. The lowest BCUT2D eigenvalue weighted by Crippen LogP contribution is -2.43. The van der Waals surface area contributed by atoms with Crippen molar-refractivity contribution in [2.45, 2.75) is 52.5 Å². The molecule has 1 atom stereocenters. The van der Waals surface area contributed by atoms with Gasteiger partial charge in [-0.25, -0.2) is 12.7 Å². The lowest BCUT2D eigenvalue weighted by Gasteiger charge is -2.29. The van der Waals surface area contributed by atoms with Gasteiger partial charge in [-0.3, -0.25) is 0 Å². The van der Waals surface area contributed by atoms with Crippen LogP contribution in [0.4, 0.5) is 0 Å². The van der Waals surface area contributed by atoms with Crippen LogP contribution in [-0.4, -0.2) is 37.6 Å². The van der Waals surface area contributed by atoms with Crippen LogP contribution in [0.5, 0.6) is 0 Å². The standard InChI is InChI=1S/C12H26N2O2S/c1-12(2,3)9-11(13)10-17(15,16)14-7-5-4-6-8-14/h11H,4-10,13H2,1-3H3. The predicted molar refractivity (Wildman–Crippen MR) is 71.3 cm³/mol. The molecule has 0 amide bonds. The fourth-order valence-corrected chi connectivity index (χ4v) is 4.05. The lowest BCUT2D eigenvalue weighted by atomic mass is 9.89. The van der Waals surface area contributed by atoms with E-state index < -0.39 is 10.0 Å². The van der Waals surface area contributed by atoms with Crippen LogP contribution in [0.2, 0.25) is 0 Å². The largest absolute Gasteiger partial charge is 0.327 e. The van der Waals surface area contributed by atoms with Crippen molar-refractivity contribution in [1.82, 2.24) is 4.31 Å². The summed E-state index contributed by atoms with van der Waals surface area (Å²) < 4.78 is 25.9. The summed E-state index contributed by atoms with van der Waals surface area (Å²) in [4.78, 5) is 0. The van der Waals surface area contributed by atoms with E-state index in [1.54, 1.807) is 4.31 Å². The Balaban J connectivity index is 2.53. The molecular formula is C12H26N2O2S. The molecule has 17 heavy (non-hydrogen) atoms. The molecule has 4 nitrogen and oxygen atoms in total. The summed E-state index contributed by atoms with van der Waals surface area (Å²) in [6.07, 6.45) is 3.83. The van der Waals surface area contributed by atoms with E-state index in [0.717, 1.165) is 25.7 Å². The highest BCUT2D eigenvalue weighted by Gasteiger charge is 2.27. The van der Waals surface area contributed by atoms with Crippen molar-refractivity contribution < 1.29 is 8.42 Å². The zero-order valence-electron chi connectivity index (χ0n) is 11.3. The average Bonchev–Trinajstić information content (AvgIpc) is 2.15. The van der Waals surface area contributed by atoms with E-state index in [9.17, 15) is 8.42 Å². The first-order valence-corrected chi connectivity index (χ1v) is 8.05. The van der Waals surface area contributed by atoms with Crippen LogP contribution in [0.1, 0.15) is 46.5 Å². The molecule has 0 aromatic carbocycles. The number of sulfonamides is 1. The first-order chi connectivity index (χ1) is 7.71. The Labute approximate surface area is 106 Å². The molecular weight excluding hydrogens is 236 g/mol. The van der Waals surface area contributed by atoms with Crippen LogP contribution >= 0.6 is 0 Å². The van der Waals surface area contributed by atoms with Crippen LogP contribution in [0, 0.1) is 5.41 Å². The first kappa shape index (κ1) is 14.9. The summed E-state index contributed by atoms with van der Waals surface area (Å²) in [5.74, 6) is 0.0876. The van der Waals surface area contributed by atoms with E-state index in [1.165, 1.54) is 0 Å². The van der Waals surface area contributed by atoms with Gasteiger partial charge in [0.15, 0.2) is 0 Å². The third kappa shape index (κ3) is 5.36. The van der Waals surface area contributed by atoms with Gasteiger partial charge in [0.05, 0.1) is 5.75 Å². The topological polar surface area (TPSA) is 63.4 Å². The average molecular weight is 262 g/mol. The Morgan fingerprint density at radius 3 is 2.18 bits per heavy atom. The fraction of sp³-hybridized carbons (Fsp3) is 1.00. The highest BCUT2D eigenvalue weighted by atomic mass is 32.2. The monoisotopic (exact) mass is 262 g/mol. The smallest absolute Gasteiger partial charge is 0.215 e. The van der Waals surface area contributed by atoms with Crippen LogP contribution in [0.15, 0.2) is 0 Å². The fourth-order valence-electron chi connectivity index (χ4n) is 2.36. The quantitative estimate of drug-likeness (QED) is 0.836. The van der Waals surface area contributed by atoms with Crippen LogP contribution in [0.3, 0.4) is 0 Å². The van der Waals surface area contributed by atoms with E-state index in [1.807, 2.05) is 0 Å². The van der Waals surface area contributed by atoms with Gasteiger partial charge in [-0.2, -0.15) is 0 Å². The van der Waals surface area contributed by atoms with Crippen LogP contribution < -0.4 is 5.73 Å². The van der Waals surface area contributed by atoms with Crippen molar-refractivity contribution in [2.24, 2.45) is 11.1 Å². The van der Waals surface area contributed by atoms with Crippen molar-refractivity contribution in [3.05, 3.63) is 0 Å². The summed E-state index contributed by atoms with van der Waals surface area (Å²) in [5.41, 5.74) is 6.03. The molecule has 1 aliphatic rings. The first-order valence-electron chi connectivity index (χ1n) is 6.44. The molecule has 1 aliphatic heterocycles. The minimum Gasteiger partial charge on any atom is -0.327 e. The van der Waals surface area contributed by atoms with Crippen molar-refractivity contribution in [3.63, 3.8) is 0 Å². The number of hydrogen-bond donors (Lipinski definition) is 1. The molecule has 5 heteroatoms. The van der Waals surface area contributed by atoms with Crippen molar-refractivity contribution in [1.29, 1.82) is 0 Å². The van der Waals surface area contributed by atoms with E-state index in [4.69, 9.17) is 5.73 Å². The zero-order valence-corrected chi connectivity index (χ0v) is 12.1. The second-order valence-electron chi connectivity index (χ2n) is 6.26. The molecule has 0 aromatic rings. The third-order valence-corrected chi connectivity index (χ3v) is 5.01. The van der Waals surface area contributed by atoms with Crippen molar-refractivity contribution in [3.8, 4) is 0 Å². The number of nitrogens with two attached hydrogens (primary N) is 1. The molecule has 1 fully saturated rings. The molecule has 1 heterocycles. The SMILES string of the molecule is CC(C)(C)CC(N)CS(=O)(=O)N1CCCCC1. The van der Waals surface area contributed by atoms with Gasteiger partial charge in [-0.05, 0) is 24.7 Å². The highest BCUT2D eigenvalue weighted by Crippen LogP contribution is 2.21. The predicted octanol–water partition coefficient (Wildman–Crippen LogP) is 1.57. The molecule has 2 N–H and O–H groups in total. The molecule has 102 valence electrons. The van der Waals surface area contributed by atoms with Crippen LogP contribution in [-0.2, 0) is 10.0 Å². The minimum absolute atomic E-state index is 0.0802. The third-order valence-electron chi connectivity index (χ3n) is 3.01. The van der Waals surface area contributed by atoms with Gasteiger partial charge in [-0.1, -0.05) is 27.2 Å². The molecule has 0 aromatic heterocycles. The molecule has 0 aliphatic carbocycles. The van der Waals surface area contributed by atoms with Crippen molar-refractivity contribution >= 4 is 10.0 Å². The number of piperidine rings is 1. The van der Waals surface area contributed by atoms with Gasteiger partial charge >= 0.3 is 0 Å². The molecule has 0 spiro atoms. The minimum atomic E-state index is -3.15. The maximum atomic E-state index is 12.1. The van der Waals surface area contributed by atoms with Crippen LogP contribution in [0.25, 0.3) is 0 Å². The summed E-state index contributed by atoms with van der Waals surface area (Å²) >= 11 is 0. The van der Waals surface area contributed by atoms with Gasteiger partial charge in [0.25, 0.3) is 0 Å². The van der Waals surface area contributed by atoms with Gasteiger partial charge in [-0.15, -0.1) is 0 Å². The number of nitrogens with zero attached hydrogens (tertiary/aromatic N) is 1. The van der Waals surface area contributed by atoms with Crippen molar-refractivity contribution in [2.75, 3.05) is 18.8 Å². The Morgan fingerprint density at radius 1 is 1.18 bits per heavy atom. The summed E-state index contributed by atoms with van der Waals surface area (Å²) in [7, 11) is -3.15. The number of hydrogen-bond acceptors (Lipinski definition) is 3. The summed E-state index contributed by atoms with van der Waals surface area (Å²) in [6, 6.07) is -0.262. The Kier molecular flexibility index (Phi) is 4.98. The second kappa shape index (κ2) is 5.67. The molecule has 0 bridgehead atoms. The maximum absolute atomic E-state index is 12.1. The second-order valence-corrected chi connectivity index (χ2v) is 8.28. The zero-order chi connectivity index (χ0) is 13.1. The molecule has 1 rings (SSSR count). The maximum Gasteiger partial charge on any atom is 0.215 e. The summed E-state index contributed by atoms with van der Waals surface area (Å²) in [5, 5.41) is 0. The lowest BCUT2D eigenvalue weighted by molar-refractivity contribution is 0.331. The van der Waals surface area contributed by atoms with Gasteiger partial charge in [0.1, 0.15) is 0 Å². The van der Waals surface area contributed by atoms with E-state index in [2.05, 4.69) is 20.8 Å². The van der Waals surface area contributed by atoms with E-state index in [-0.39, 0.29) is 17.2 Å². The highest BCUT2D eigenvalue weighted by molar-refractivity contribution is 7.89. The molecule has 0 saturated carbocycles. The van der Waals surface area contributed by atoms with Gasteiger partial charge < -0.3 is 5.73 Å². The van der Waals surface area contributed by atoms with Gasteiger partial charge in [0, 0.05) is 19.1 Å². The normalized spacial score (nSPS) is 21.4. The van der Waals surface area contributed by atoms with Gasteiger partial charge in [0.2, 0.25) is 10.0 Å². The molecule has 1 unspecified atom stereocenters. The Morgan fingerprint density at radius 2 is 1.71 bits per heavy atom. The van der Waals surface area contributed by atoms with E-state index in [0.29, 0.717) is 13.1 Å². The number of rotatable bonds is 4. The summed E-state index contributed by atoms with van der Waals surface area (Å²) in [6.45, 7) is 7.59. The Hall–Kier alpha value is -0.130.